The number of nitro groups is 1. The number of fused-ring (bicyclic) bond motifs is 3. The molecule has 34 heteroatoms. The van der Waals surface area contributed by atoms with E-state index in [-0.39, 0.29) is 96.1 Å². The Morgan fingerprint density at radius 3 is 1.32 bits per heavy atom. The molecule has 0 aliphatic rings. The Balaban J connectivity index is 0.000000177. The summed E-state index contributed by atoms with van der Waals surface area (Å²) in [5.41, 5.74) is 15.9. The number of halogens is 3. The minimum Gasteiger partial charge on any atom is -0.493 e. The molecular formula is C48H38F3N17O11S3. The SMILES string of the molecule is COc1cc(CC#N)c(F)nc1NS(=O)(=O)c1c[nH]c2cc(N)ccc12.COc1cc(CC#N)c(F)nc1NS(=O)(=O)c1c[nH]c2cc(N=[N+]=[N-])ccc12.COc1cc(CC#N)c(F)nc1NS(=O)(=O)c1c[nH]c2cc([N+](=O)[O-])ccc12. The number of methoxy groups -OCH3 is 3. The van der Waals surface area contributed by atoms with Crippen molar-refractivity contribution in [2.45, 2.75) is 33.9 Å². The molecule has 9 aromatic rings. The van der Waals surface area contributed by atoms with Crippen LogP contribution in [0.2, 0.25) is 0 Å². The lowest BCUT2D eigenvalue weighted by atomic mass is 10.2. The minimum absolute atomic E-state index is 0.00399. The second kappa shape index (κ2) is 24.4. The number of H-pyrrole nitrogens is 3. The number of nitrogen functional groups attached to an aromatic ring is 1. The van der Waals surface area contributed by atoms with Gasteiger partial charge in [0.25, 0.3) is 35.8 Å². The van der Waals surface area contributed by atoms with Gasteiger partial charge < -0.3 is 34.9 Å². The van der Waals surface area contributed by atoms with Crippen molar-refractivity contribution in [1.82, 2.24) is 29.9 Å². The van der Waals surface area contributed by atoms with E-state index in [0.29, 0.717) is 33.2 Å². The van der Waals surface area contributed by atoms with Crippen molar-refractivity contribution in [2.24, 2.45) is 5.11 Å². The van der Waals surface area contributed by atoms with Gasteiger partial charge in [0.15, 0.2) is 34.7 Å². The number of nitrogens with zero attached hydrogens (tertiary/aromatic N) is 10. The maximum atomic E-state index is 14.0. The van der Waals surface area contributed by atoms with Crippen LogP contribution >= 0.6 is 0 Å². The molecule has 6 aromatic heterocycles. The second-order valence-corrected chi connectivity index (χ2v) is 21.4. The van der Waals surface area contributed by atoms with Crippen molar-refractivity contribution in [1.29, 1.82) is 15.8 Å². The fourth-order valence-corrected chi connectivity index (χ4v) is 11.2. The van der Waals surface area contributed by atoms with E-state index in [1.165, 1.54) is 88.3 Å². The fourth-order valence-electron chi connectivity index (χ4n) is 7.58. The molecule has 0 spiro atoms. The zero-order valence-electron chi connectivity index (χ0n) is 42.2. The average molecular weight is 1180 g/mol. The van der Waals surface area contributed by atoms with Gasteiger partial charge in [0, 0.05) is 90.9 Å². The summed E-state index contributed by atoms with van der Waals surface area (Å²) < 4.78 is 140. The number of aromatic amines is 3. The van der Waals surface area contributed by atoms with Crippen LogP contribution in [0.4, 0.5) is 47.7 Å². The lowest BCUT2D eigenvalue weighted by Crippen LogP contribution is -2.15. The molecule has 0 unspecified atom stereocenters. The molecule has 0 bridgehead atoms. The first-order valence-electron chi connectivity index (χ1n) is 22.7. The molecule has 28 nitrogen and oxygen atoms in total. The number of aromatic nitrogens is 6. The molecule has 420 valence electrons. The van der Waals surface area contributed by atoms with E-state index in [2.05, 4.69) is 54.1 Å². The first-order valence-corrected chi connectivity index (χ1v) is 27.1. The summed E-state index contributed by atoms with van der Waals surface area (Å²) in [5, 5.41) is 41.4. The molecule has 6 heterocycles. The molecule has 0 aliphatic heterocycles. The standard InChI is InChI=1S/C16H12FN7O3S.C16H12FN5O5S.C16H14FN5O3S/c1-27-13-6-9(4-5-18)15(17)21-16(13)23-28(25,26)14-8-20-12-7-10(22-24-19)2-3-11(12)14;1-27-13-6-9(4-5-18)15(17)20-16(13)21-28(25,26)14-8-19-12-7-10(22(23)24)2-3-11(12)14;1-25-13-6-9(4-5-18)15(17)21-16(13)22-26(23,24)14-8-20-12-7-10(19)2-3-11(12)14/h2-3,6-8,20H,4H2,1H3,(H,21,23);2-3,6-8,19H,4H2,1H3,(H,20,21);2-3,6-8,20H,4,19H2,1H3,(H,21,22). The summed E-state index contributed by atoms with van der Waals surface area (Å²) in [5.74, 6) is -4.06. The topological polar surface area (TPSA) is 442 Å². The van der Waals surface area contributed by atoms with Crippen LogP contribution < -0.4 is 34.1 Å². The lowest BCUT2D eigenvalue weighted by Gasteiger charge is -2.12. The Morgan fingerprint density at radius 1 is 0.610 bits per heavy atom. The van der Waals surface area contributed by atoms with Crippen LogP contribution in [0.3, 0.4) is 0 Å². The van der Waals surface area contributed by atoms with Crippen LogP contribution in [0, 0.1) is 62.0 Å². The number of nitrogens with two attached hydrogens (primary N) is 1. The third kappa shape index (κ3) is 12.8. The summed E-state index contributed by atoms with van der Waals surface area (Å²) in [4.78, 5) is 31.5. The highest BCUT2D eigenvalue weighted by molar-refractivity contribution is 7.93. The number of anilines is 4. The smallest absolute Gasteiger partial charge is 0.271 e. The Hall–Kier alpha value is -10.9. The summed E-state index contributed by atoms with van der Waals surface area (Å²) in [7, 11) is -8.66. The Morgan fingerprint density at radius 2 is 0.963 bits per heavy atom. The second-order valence-electron chi connectivity index (χ2n) is 16.5. The maximum absolute atomic E-state index is 14.0. The molecule has 9 rings (SSSR count). The zero-order valence-corrected chi connectivity index (χ0v) is 44.6. The Labute approximate surface area is 460 Å². The zero-order chi connectivity index (χ0) is 59.7. The van der Waals surface area contributed by atoms with Gasteiger partial charge in [-0.05, 0) is 54.1 Å². The number of hydrogen-bond donors (Lipinski definition) is 7. The molecule has 0 atom stereocenters. The third-order valence-electron chi connectivity index (χ3n) is 11.4. The van der Waals surface area contributed by atoms with Crippen molar-refractivity contribution >= 4 is 97.3 Å². The largest absolute Gasteiger partial charge is 0.493 e. The molecular weight excluding hydrogens is 1140 g/mol. The van der Waals surface area contributed by atoms with E-state index in [0.717, 1.165) is 6.20 Å². The van der Waals surface area contributed by atoms with Gasteiger partial charge in [-0.1, -0.05) is 17.2 Å². The first kappa shape index (κ1) is 58.8. The van der Waals surface area contributed by atoms with Crippen molar-refractivity contribution < 1.29 is 57.6 Å². The summed E-state index contributed by atoms with van der Waals surface area (Å²) in [6, 6.07) is 21.8. The van der Waals surface area contributed by atoms with E-state index >= 15 is 0 Å². The van der Waals surface area contributed by atoms with Gasteiger partial charge in [-0.2, -0.15) is 43.9 Å². The van der Waals surface area contributed by atoms with E-state index in [4.69, 9.17) is 41.3 Å². The molecule has 0 amide bonds. The number of azide groups is 1. The van der Waals surface area contributed by atoms with Gasteiger partial charge in [-0.15, -0.1) is 0 Å². The number of non-ortho nitro benzene ring substituents is 1. The van der Waals surface area contributed by atoms with Crippen LogP contribution in [0.15, 0.2) is 111 Å². The number of pyridine rings is 3. The van der Waals surface area contributed by atoms with Gasteiger partial charge >= 0.3 is 0 Å². The predicted octanol–water partition coefficient (Wildman–Crippen LogP) is 8.16. The maximum Gasteiger partial charge on any atom is 0.271 e. The number of nitro benzene ring substituents is 1. The van der Waals surface area contributed by atoms with Gasteiger partial charge in [0.2, 0.25) is 17.8 Å². The molecule has 0 saturated carbocycles. The number of ether oxygens (including phenoxy) is 3. The highest BCUT2D eigenvalue weighted by Gasteiger charge is 2.27. The number of rotatable bonds is 17. The minimum atomic E-state index is -4.23. The first-order chi connectivity index (χ1) is 39.0. The Bertz CT molecular complexity index is 4350. The highest BCUT2D eigenvalue weighted by atomic mass is 32.2. The average Bonchev–Trinajstić information content (AvgIpc) is 4.34. The predicted molar refractivity (Wildman–Crippen MR) is 287 cm³/mol. The van der Waals surface area contributed by atoms with Crippen LogP contribution in [0.1, 0.15) is 16.7 Å². The van der Waals surface area contributed by atoms with E-state index < -0.39 is 58.7 Å². The summed E-state index contributed by atoms with van der Waals surface area (Å²) in [6.07, 6.45) is 3.00. The molecule has 0 fully saturated rings. The molecule has 8 N–H and O–H groups in total. The van der Waals surface area contributed by atoms with Crippen molar-refractivity contribution in [2.75, 3.05) is 41.2 Å². The van der Waals surface area contributed by atoms with Gasteiger partial charge in [-0.3, -0.25) is 24.3 Å². The van der Waals surface area contributed by atoms with Crippen molar-refractivity contribution in [3.63, 3.8) is 0 Å². The molecule has 0 aliphatic carbocycles. The number of nitrogens with one attached hydrogen (secondary N) is 6. The van der Waals surface area contributed by atoms with Crippen molar-refractivity contribution in [3.05, 3.63) is 146 Å². The van der Waals surface area contributed by atoms with E-state index in [9.17, 15) is 48.5 Å². The van der Waals surface area contributed by atoms with Gasteiger partial charge in [0.1, 0.15) is 14.7 Å². The molecule has 0 saturated heterocycles. The van der Waals surface area contributed by atoms with E-state index in [1.807, 2.05) is 0 Å². The normalized spacial score (nSPS) is 11.1. The molecule has 3 aromatic carbocycles. The van der Waals surface area contributed by atoms with Crippen LogP contribution in [-0.2, 0) is 49.3 Å². The van der Waals surface area contributed by atoms with Crippen molar-refractivity contribution in [3.8, 4) is 35.5 Å². The monoisotopic (exact) mass is 1180 g/mol. The number of sulfonamides is 3. The van der Waals surface area contributed by atoms with Gasteiger partial charge in [-0.25, -0.2) is 25.3 Å². The number of hydrogen-bond acceptors (Lipinski definition) is 19. The van der Waals surface area contributed by atoms with Gasteiger partial charge in [0.05, 0.1) is 69.2 Å². The van der Waals surface area contributed by atoms with Crippen LogP contribution in [0.5, 0.6) is 17.2 Å². The molecule has 82 heavy (non-hydrogen) atoms. The van der Waals surface area contributed by atoms with E-state index in [1.54, 1.807) is 36.4 Å². The number of nitriles is 3. The fraction of sp³-hybridized carbons (Fsp3) is 0.125. The lowest BCUT2D eigenvalue weighted by molar-refractivity contribution is -0.384. The number of benzene rings is 3. The third-order valence-corrected chi connectivity index (χ3v) is 15.5. The quantitative estimate of drug-likeness (QED) is 0.00859. The Kier molecular flexibility index (Phi) is 17.5. The van der Waals surface area contributed by atoms with Crippen LogP contribution in [0.25, 0.3) is 43.2 Å². The van der Waals surface area contributed by atoms with Crippen LogP contribution in [-0.4, -0.2) is 81.4 Å². The summed E-state index contributed by atoms with van der Waals surface area (Å²) in [6.45, 7) is 0. The highest BCUT2D eigenvalue weighted by Crippen LogP contribution is 2.35. The molecule has 0 radical (unpaired) electrons. The summed E-state index contributed by atoms with van der Waals surface area (Å²) >= 11 is 0.